The third-order valence-corrected chi connectivity index (χ3v) is 5.42. The molecule has 1 fully saturated rings. The van der Waals surface area contributed by atoms with E-state index in [0.29, 0.717) is 12.0 Å². The van der Waals surface area contributed by atoms with E-state index >= 15 is 0 Å². The average molecular weight is 336 g/mol. The Labute approximate surface area is 148 Å². The molecule has 4 nitrogen and oxygen atoms in total. The van der Waals surface area contributed by atoms with Crippen LogP contribution >= 0.6 is 0 Å². The third-order valence-electron chi connectivity index (χ3n) is 5.42. The smallest absolute Gasteiger partial charge is 0.161 e. The Morgan fingerprint density at radius 2 is 1.64 bits per heavy atom. The van der Waals surface area contributed by atoms with E-state index < -0.39 is 0 Å². The van der Waals surface area contributed by atoms with Gasteiger partial charge >= 0.3 is 0 Å². The van der Waals surface area contributed by atoms with Gasteiger partial charge in [0.2, 0.25) is 0 Å². The number of ether oxygens (including phenoxy) is 2. The van der Waals surface area contributed by atoms with Crippen molar-refractivity contribution < 1.29 is 9.47 Å². The minimum Gasteiger partial charge on any atom is -0.493 e. The lowest BCUT2D eigenvalue weighted by Crippen LogP contribution is -2.29. The molecule has 4 rings (SSSR count). The zero-order valence-electron chi connectivity index (χ0n) is 14.8. The van der Waals surface area contributed by atoms with E-state index in [4.69, 9.17) is 20.2 Å². The van der Waals surface area contributed by atoms with Crippen LogP contribution in [-0.4, -0.2) is 26.0 Å². The Hall–Kier alpha value is -2.49. The van der Waals surface area contributed by atoms with Crippen molar-refractivity contribution in [1.82, 2.24) is 0 Å². The first-order valence-corrected chi connectivity index (χ1v) is 8.91. The summed E-state index contributed by atoms with van der Waals surface area (Å²) in [5, 5.41) is 0. The van der Waals surface area contributed by atoms with E-state index in [1.165, 1.54) is 24.8 Å². The second-order valence-corrected chi connectivity index (χ2v) is 6.85. The van der Waals surface area contributed by atoms with E-state index in [9.17, 15) is 0 Å². The van der Waals surface area contributed by atoms with Gasteiger partial charge in [0.25, 0.3) is 0 Å². The minimum atomic E-state index is 0.354. The summed E-state index contributed by atoms with van der Waals surface area (Å²) in [5.74, 6) is 2.02. The van der Waals surface area contributed by atoms with E-state index in [-0.39, 0.29) is 0 Å². The van der Waals surface area contributed by atoms with Gasteiger partial charge in [0.1, 0.15) is 0 Å². The Morgan fingerprint density at radius 1 is 0.960 bits per heavy atom. The molecule has 1 heterocycles. The van der Waals surface area contributed by atoms with Gasteiger partial charge in [-0.05, 0) is 42.7 Å². The minimum absolute atomic E-state index is 0.354. The highest BCUT2D eigenvalue weighted by Crippen LogP contribution is 2.44. The number of hydrogen-bond acceptors (Lipinski definition) is 4. The summed E-state index contributed by atoms with van der Waals surface area (Å²) in [5.41, 5.74) is 11.3. The van der Waals surface area contributed by atoms with Crippen molar-refractivity contribution in [3.05, 3.63) is 53.1 Å². The number of aliphatic imine (C=N–C) groups is 1. The van der Waals surface area contributed by atoms with Gasteiger partial charge in [-0.15, -0.1) is 0 Å². The standard InChI is InChI=1S/C21H24N2O2/c1-24-19-11-16-15-5-3-4-6-18(15)23-21(17(16)12-20(19)25-2)13-7-9-14(22)10-8-13/h7-12,15,18H,3-6,22H2,1-2H3/t15-,18-/m1/s1. The second-order valence-electron chi connectivity index (χ2n) is 6.85. The molecule has 25 heavy (non-hydrogen) atoms. The average Bonchev–Trinajstić information content (AvgIpc) is 2.67. The molecular weight excluding hydrogens is 312 g/mol. The molecule has 2 aromatic carbocycles. The SMILES string of the molecule is COc1cc2c(cc1OC)[C@H]1CCCC[C@H]1N=C2c1ccc(N)cc1. The fraction of sp³-hybridized carbons (Fsp3) is 0.381. The van der Waals surface area contributed by atoms with Crippen LogP contribution in [0.4, 0.5) is 5.69 Å². The van der Waals surface area contributed by atoms with Crippen molar-refractivity contribution in [2.45, 2.75) is 37.6 Å². The van der Waals surface area contributed by atoms with Crippen LogP contribution in [0.5, 0.6) is 11.5 Å². The summed E-state index contributed by atoms with van der Waals surface area (Å²) in [4.78, 5) is 5.16. The largest absolute Gasteiger partial charge is 0.493 e. The Balaban J connectivity index is 1.90. The fourth-order valence-electron chi connectivity index (χ4n) is 4.14. The van der Waals surface area contributed by atoms with Crippen LogP contribution in [0, 0.1) is 0 Å². The second kappa shape index (κ2) is 6.43. The lowest BCUT2D eigenvalue weighted by Gasteiger charge is -2.35. The molecular formula is C21H24N2O2. The monoisotopic (exact) mass is 336 g/mol. The van der Waals surface area contributed by atoms with Crippen LogP contribution in [0.3, 0.4) is 0 Å². The highest BCUT2D eigenvalue weighted by Gasteiger charge is 2.34. The molecule has 1 saturated carbocycles. The molecule has 0 spiro atoms. The van der Waals surface area contributed by atoms with E-state index in [0.717, 1.165) is 40.4 Å². The quantitative estimate of drug-likeness (QED) is 0.856. The molecule has 130 valence electrons. The van der Waals surface area contributed by atoms with Crippen molar-refractivity contribution in [2.24, 2.45) is 4.99 Å². The molecule has 2 aromatic rings. The van der Waals surface area contributed by atoms with Gasteiger partial charge in [0, 0.05) is 22.7 Å². The molecule has 2 atom stereocenters. The number of hydrogen-bond donors (Lipinski definition) is 1. The number of anilines is 1. The number of fused-ring (bicyclic) bond motifs is 3. The Bertz CT molecular complexity index is 811. The van der Waals surface area contributed by atoms with Crippen LogP contribution in [0.2, 0.25) is 0 Å². The molecule has 2 N–H and O–H groups in total. The maximum Gasteiger partial charge on any atom is 0.161 e. The topological polar surface area (TPSA) is 56.8 Å². The predicted octanol–water partition coefficient (Wildman–Crippen LogP) is 4.16. The van der Waals surface area contributed by atoms with Crippen molar-refractivity contribution in [3.8, 4) is 11.5 Å². The van der Waals surface area contributed by atoms with Crippen molar-refractivity contribution >= 4 is 11.4 Å². The van der Waals surface area contributed by atoms with Gasteiger partial charge in [-0.3, -0.25) is 4.99 Å². The van der Waals surface area contributed by atoms with Crippen LogP contribution < -0.4 is 15.2 Å². The first-order valence-electron chi connectivity index (χ1n) is 8.91. The number of nitrogens with zero attached hydrogens (tertiary/aromatic N) is 1. The van der Waals surface area contributed by atoms with Gasteiger partial charge < -0.3 is 15.2 Å². The molecule has 0 unspecified atom stereocenters. The highest BCUT2D eigenvalue weighted by molar-refractivity contribution is 6.15. The van der Waals surface area contributed by atoms with E-state index in [2.05, 4.69) is 24.3 Å². The molecule has 1 aliphatic carbocycles. The summed E-state index contributed by atoms with van der Waals surface area (Å²) < 4.78 is 11.1. The van der Waals surface area contributed by atoms with Crippen LogP contribution in [0.1, 0.15) is 48.3 Å². The molecule has 0 radical (unpaired) electrons. The third kappa shape index (κ3) is 2.76. The normalized spacial score (nSPS) is 21.8. The summed E-state index contributed by atoms with van der Waals surface area (Å²) >= 11 is 0. The number of rotatable bonds is 3. The van der Waals surface area contributed by atoms with Crippen molar-refractivity contribution in [3.63, 3.8) is 0 Å². The molecule has 4 heteroatoms. The molecule has 0 amide bonds. The van der Waals surface area contributed by atoms with Crippen LogP contribution in [0.25, 0.3) is 0 Å². The molecule has 1 aliphatic heterocycles. The summed E-state index contributed by atoms with van der Waals surface area (Å²) in [7, 11) is 3.37. The summed E-state index contributed by atoms with van der Waals surface area (Å²) in [6, 6.07) is 12.6. The maximum atomic E-state index is 5.86. The summed E-state index contributed by atoms with van der Waals surface area (Å²) in [6.07, 6.45) is 4.85. The van der Waals surface area contributed by atoms with Crippen molar-refractivity contribution in [2.75, 3.05) is 20.0 Å². The van der Waals surface area contributed by atoms with E-state index in [1.54, 1.807) is 14.2 Å². The van der Waals surface area contributed by atoms with E-state index in [1.807, 2.05) is 12.1 Å². The molecule has 2 aliphatic rings. The van der Waals surface area contributed by atoms with Crippen LogP contribution in [0.15, 0.2) is 41.4 Å². The van der Waals surface area contributed by atoms with Gasteiger partial charge in [0.15, 0.2) is 11.5 Å². The van der Waals surface area contributed by atoms with Gasteiger partial charge in [-0.2, -0.15) is 0 Å². The maximum absolute atomic E-state index is 5.86. The zero-order chi connectivity index (χ0) is 17.4. The fourth-order valence-corrected chi connectivity index (χ4v) is 4.14. The lowest BCUT2D eigenvalue weighted by molar-refractivity contribution is 0.349. The van der Waals surface area contributed by atoms with Gasteiger partial charge in [-0.25, -0.2) is 0 Å². The molecule has 0 bridgehead atoms. The summed E-state index contributed by atoms with van der Waals surface area (Å²) in [6.45, 7) is 0. The number of benzene rings is 2. The number of nitrogen functional groups attached to an aromatic ring is 1. The Morgan fingerprint density at radius 3 is 2.36 bits per heavy atom. The first-order chi connectivity index (χ1) is 12.2. The zero-order valence-corrected chi connectivity index (χ0v) is 14.8. The number of methoxy groups -OCH3 is 2. The Kier molecular flexibility index (Phi) is 4.12. The highest BCUT2D eigenvalue weighted by atomic mass is 16.5. The molecule has 0 aromatic heterocycles. The number of nitrogens with two attached hydrogens (primary N) is 1. The first kappa shape index (κ1) is 16.0. The van der Waals surface area contributed by atoms with Crippen LogP contribution in [-0.2, 0) is 0 Å². The molecule has 0 saturated heterocycles. The predicted molar refractivity (Wildman–Crippen MR) is 101 cm³/mol. The van der Waals surface area contributed by atoms with Crippen molar-refractivity contribution in [1.29, 1.82) is 0 Å². The van der Waals surface area contributed by atoms with Gasteiger partial charge in [-0.1, -0.05) is 25.0 Å². The van der Waals surface area contributed by atoms with Gasteiger partial charge in [0.05, 0.1) is 26.0 Å². The lowest BCUT2D eigenvalue weighted by atomic mass is 9.75.